The maximum absolute atomic E-state index is 4.34. The fourth-order valence-electron chi connectivity index (χ4n) is 1.48. The van der Waals surface area contributed by atoms with Crippen LogP contribution in [0.5, 0.6) is 0 Å². The lowest BCUT2D eigenvalue weighted by atomic mass is 9.91. The topological polar surface area (TPSA) is 30.2 Å². The molecule has 0 aliphatic rings. The van der Waals surface area contributed by atoms with Crippen LogP contribution in [0.3, 0.4) is 0 Å². The molecule has 0 saturated heterocycles. The number of fused-ring (bicyclic) bond motifs is 1. The Labute approximate surface area is 91.3 Å². The van der Waals surface area contributed by atoms with E-state index in [1.165, 1.54) is 0 Å². The van der Waals surface area contributed by atoms with E-state index in [2.05, 4.69) is 46.8 Å². The van der Waals surface area contributed by atoms with Gasteiger partial charge in [0.1, 0.15) is 10.9 Å². The molecule has 14 heavy (non-hydrogen) atoms. The highest BCUT2D eigenvalue weighted by molar-refractivity contribution is 9.10. The fourth-order valence-corrected chi connectivity index (χ4v) is 1.89. The summed E-state index contributed by atoms with van der Waals surface area (Å²) in [5, 5.41) is 4.17. The van der Waals surface area contributed by atoms with Crippen molar-refractivity contribution in [1.82, 2.24) is 14.6 Å². The molecule has 0 aromatic carbocycles. The Bertz CT molecular complexity index is 468. The molecule has 0 saturated carbocycles. The first kappa shape index (κ1) is 9.65. The van der Waals surface area contributed by atoms with Crippen molar-refractivity contribution in [2.24, 2.45) is 0 Å². The third-order valence-corrected chi connectivity index (χ3v) is 2.72. The molecular formula is C10H12BrN3. The largest absolute Gasteiger partial charge is 0.237 e. The van der Waals surface area contributed by atoms with E-state index in [-0.39, 0.29) is 5.41 Å². The first-order valence-corrected chi connectivity index (χ1v) is 5.28. The molecule has 0 fully saturated rings. The molecule has 74 valence electrons. The van der Waals surface area contributed by atoms with Gasteiger partial charge in [0.15, 0.2) is 0 Å². The Morgan fingerprint density at radius 3 is 2.64 bits per heavy atom. The number of hydrogen-bond acceptors (Lipinski definition) is 2. The predicted octanol–water partition coefficient (Wildman–Crippen LogP) is 2.79. The van der Waals surface area contributed by atoms with Crippen LogP contribution in [-0.4, -0.2) is 14.6 Å². The predicted molar refractivity (Wildman–Crippen MR) is 59.4 cm³/mol. The summed E-state index contributed by atoms with van der Waals surface area (Å²) >= 11 is 3.44. The van der Waals surface area contributed by atoms with Crippen molar-refractivity contribution >= 4 is 21.4 Å². The van der Waals surface area contributed by atoms with E-state index in [0.29, 0.717) is 0 Å². The third-order valence-electron chi connectivity index (χ3n) is 2.12. The van der Waals surface area contributed by atoms with Gasteiger partial charge < -0.3 is 0 Å². The van der Waals surface area contributed by atoms with Gasteiger partial charge in [-0.15, -0.1) is 0 Å². The lowest BCUT2D eigenvalue weighted by Crippen LogP contribution is -2.15. The van der Waals surface area contributed by atoms with Gasteiger partial charge in [0.2, 0.25) is 0 Å². The van der Waals surface area contributed by atoms with E-state index in [4.69, 9.17) is 0 Å². The number of aromatic nitrogens is 3. The van der Waals surface area contributed by atoms with E-state index in [0.717, 1.165) is 15.8 Å². The van der Waals surface area contributed by atoms with Gasteiger partial charge in [-0.2, -0.15) is 5.10 Å². The van der Waals surface area contributed by atoms with Crippen LogP contribution in [0.4, 0.5) is 0 Å². The van der Waals surface area contributed by atoms with Crippen LogP contribution in [0.2, 0.25) is 0 Å². The zero-order chi connectivity index (χ0) is 10.3. The van der Waals surface area contributed by atoms with Crippen molar-refractivity contribution in [3.05, 3.63) is 28.8 Å². The molecule has 0 bridgehead atoms. The quantitative estimate of drug-likeness (QED) is 0.723. The lowest BCUT2D eigenvalue weighted by molar-refractivity contribution is 0.566. The Hall–Kier alpha value is -0.900. The summed E-state index contributed by atoms with van der Waals surface area (Å²) in [7, 11) is 0. The van der Waals surface area contributed by atoms with Gasteiger partial charge in [-0.3, -0.25) is 0 Å². The molecule has 0 unspecified atom stereocenters. The Balaban J connectivity index is 2.79. The summed E-state index contributed by atoms with van der Waals surface area (Å²) in [5.74, 6) is 0. The highest BCUT2D eigenvalue weighted by Gasteiger charge is 2.19. The van der Waals surface area contributed by atoms with Crippen LogP contribution in [0.25, 0.3) is 5.52 Å². The maximum atomic E-state index is 4.34. The van der Waals surface area contributed by atoms with Crippen molar-refractivity contribution in [1.29, 1.82) is 0 Å². The van der Waals surface area contributed by atoms with Gasteiger partial charge in [0.05, 0.1) is 11.2 Å². The molecule has 0 radical (unpaired) electrons. The normalized spacial score (nSPS) is 12.3. The molecule has 0 aliphatic carbocycles. The number of nitrogens with zero attached hydrogens (tertiary/aromatic N) is 3. The zero-order valence-corrected chi connectivity index (χ0v) is 10.0. The monoisotopic (exact) mass is 253 g/mol. The number of halogens is 1. The van der Waals surface area contributed by atoms with Crippen molar-refractivity contribution in [3.8, 4) is 0 Å². The lowest BCUT2D eigenvalue weighted by Gasteiger charge is -2.18. The minimum atomic E-state index is 0.0436. The molecule has 2 aromatic rings. The van der Waals surface area contributed by atoms with Gasteiger partial charge in [0, 0.05) is 5.41 Å². The summed E-state index contributed by atoms with van der Waals surface area (Å²) in [6.07, 6.45) is 1.60. The fraction of sp³-hybridized carbons (Fsp3) is 0.400. The highest BCUT2D eigenvalue weighted by atomic mass is 79.9. The van der Waals surface area contributed by atoms with Gasteiger partial charge in [-0.25, -0.2) is 9.50 Å². The van der Waals surface area contributed by atoms with Crippen LogP contribution in [0.15, 0.2) is 23.1 Å². The van der Waals surface area contributed by atoms with Gasteiger partial charge in [-0.1, -0.05) is 20.8 Å². The molecule has 0 N–H and O–H groups in total. The van der Waals surface area contributed by atoms with Gasteiger partial charge in [-0.05, 0) is 28.1 Å². The molecule has 2 rings (SSSR count). The molecule has 0 aliphatic heterocycles. The second-order valence-corrected chi connectivity index (χ2v) is 5.12. The summed E-state index contributed by atoms with van der Waals surface area (Å²) in [4.78, 5) is 4.34. The maximum Gasteiger partial charge on any atom is 0.136 e. The van der Waals surface area contributed by atoms with E-state index in [1.54, 1.807) is 6.33 Å². The molecule has 2 heterocycles. The van der Waals surface area contributed by atoms with E-state index >= 15 is 0 Å². The van der Waals surface area contributed by atoms with E-state index in [1.807, 2.05) is 16.6 Å². The average molecular weight is 254 g/mol. The molecule has 4 heteroatoms. The summed E-state index contributed by atoms with van der Waals surface area (Å²) < 4.78 is 2.81. The first-order chi connectivity index (χ1) is 6.50. The molecule has 0 spiro atoms. The Morgan fingerprint density at radius 1 is 1.29 bits per heavy atom. The van der Waals surface area contributed by atoms with Gasteiger partial charge in [0.25, 0.3) is 0 Å². The summed E-state index contributed by atoms with van der Waals surface area (Å²) in [6, 6.07) is 4.02. The number of hydrogen-bond donors (Lipinski definition) is 0. The molecule has 0 atom stereocenters. The van der Waals surface area contributed by atoms with Crippen LogP contribution < -0.4 is 0 Å². The average Bonchev–Trinajstić information content (AvgIpc) is 2.46. The zero-order valence-electron chi connectivity index (χ0n) is 8.45. The summed E-state index contributed by atoms with van der Waals surface area (Å²) in [5.41, 5.74) is 2.17. The smallest absolute Gasteiger partial charge is 0.136 e. The number of rotatable bonds is 0. The minimum Gasteiger partial charge on any atom is -0.237 e. The highest BCUT2D eigenvalue weighted by Crippen LogP contribution is 2.26. The molecular weight excluding hydrogens is 242 g/mol. The molecule has 3 nitrogen and oxygen atoms in total. The van der Waals surface area contributed by atoms with Crippen molar-refractivity contribution < 1.29 is 0 Å². The van der Waals surface area contributed by atoms with Crippen LogP contribution in [0, 0.1) is 0 Å². The Morgan fingerprint density at radius 2 is 2.00 bits per heavy atom. The van der Waals surface area contributed by atoms with Crippen molar-refractivity contribution in [3.63, 3.8) is 0 Å². The van der Waals surface area contributed by atoms with Crippen LogP contribution >= 0.6 is 15.9 Å². The SMILES string of the molecule is CC(C)(C)c1ncnn2c(Br)ccc12. The molecule has 2 aromatic heterocycles. The van der Waals surface area contributed by atoms with Crippen molar-refractivity contribution in [2.45, 2.75) is 26.2 Å². The minimum absolute atomic E-state index is 0.0436. The van der Waals surface area contributed by atoms with Gasteiger partial charge >= 0.3 is 0 Å². The van der Waals surface area contributed by atoms with Crippen molar-refractivity contribution in [2.75, 3.05) is 0 Å². The third kappa shape index (κ3) is 1.43. The molecule has 0 amide bonds. The summed E-state index contributed by atoms with van der Waals surface area (Å²) in [6.45, 7) is 6.45. The standard InChI is InChI=1S/C10H12BrN3/c1-10(2,3)9-7-4-5-8(11)14(7)13-6-12-9/h4-6H,1-3H3. The Kier molecular flexibility index (Phi) is 2.10. The first-order valence-electron chi connectivity index (χ1n) is 4.49. The van der Waals surface area contributed by atoms with E-state index < -0.39 is 0 Å². The van der Waals surface area contributed by atoms with Crippen LogP contribution in [-0.2, 0) is 5.41 Å². The van der Waals surface area contributed by atoms with E-state index in [9.17, 15) is 0 Å². The second-order valence-electron chi connectivity index (χ2n) is 4.31. The second kappa shape index (κ2) is 3.05. The van der Waals surface area contributed by atoms with Crippen LogP contribution in [0.1, 0.15) is 26.5 Å².